The van der Waals surface area contributed by atoms with E-state index in [-0.39, 0.29) is 11.1 Å². The van der Waals surface area contributed by atoms with Crippen LogP contribution < -0.4 is 5.73 Å². The lowest BCUT2D eigenvalue weighted by molar-refractivity contribution is -0.00231. The van der Waals surface area contributed by atoms with Gasteiger partial charge in [0.2, 0.25) is 0 Å². The summed E-state index contributed by atoms with van der Waals surface area (Å²) in [4.78, 5) is 0. The molecule has 0 saturated heterocycles. The summed E-state index contributed by atoms with van der Waals surface area (Å²) >= 11 is 0. The van der Waals surface area contributed by atoms with E-state index >= 15 is 0 Å². The molecule has 2 nitrogen and oxygen atoms in total. The van der Waals surface area contributed by atoms with Crippen LogP contribution in [0.4, 0.5) is 0 Å². The van der Waals surface area contributed by atoms with Crippen molar-refractivity contribution in [1.82, 2.24) is 0 Å². The van der Waals surface area contributed by atoms with Crippen molar-refractivity contribution in [3.8, 4) is 0 Å². The zero-order chi connectivity index (χ0) is 9.24. The highest BCUT2D eigenvalue weighted by Crippen LogP contribution is 2.34. The third-order valence-corrected chi connectivity index (χ3v) is 2.93. The molecule has 0 aromatic heterocycles. The van der Waals surface area contributed by atoms with Gasteiger partial charge < -0.3 is 10.5 Å². The molecule has 2 N–H and O–H groups in total. The Labute approximate surface area is 75.5 Å². The molecule has 0 bridgehead atoms. The maximum atomic E-state index is 6.24. The fraction of sp³-hybridized carbons (Fsp3) is 1.00. The Morgan fingerprint density at radius 2 is 1.83 bits per heavy atom. The Balaban J connectivity index is 2.48. The second kappa shape index (κ2) is 3.35. The second-order valence-corrected chi connectivity index (χ2v) is 4.71. The van der Waals surface area contributed by atoms with Crippen LogP contribution in [0.3, 0.4) is 0 Å². The van der Waals surface area contributed by atoms with Crippen molar-refractivity contribution in [1.29, 1.82) is 0 Å². The van der Waals surface area contributed by atoms with E-state index in [1.807, 2.05) is 0 Å². The monoisotopic (exact) mass is 171 g/mol. The molecule has 0 aromatic rings. The second-order valence-electron chi connectivity index (χ2n) is 4.71. The predicted octanol–water partition coefficient (Wildman–Crippen LogP) is 2.07. The van der Waals surface area contributed by atoms with Crippen molar-refractivity contribution in [3.63, 3.8) is 0 Å². The maximum Gasteiger partial charge on any atom is 0.0640 e. The van der Waals surface area contributed by atoms with E-state index in [0.29, 0.717) is 0 Å². The molecule has 0 atom stereocenters. The minimum Gasteiger partial charge on any atom is -0.379 e. The van der Waals surface area contributed by atoms with Crippen LogP contribution in [0.15, 0.2) is 0 Å². The first-order valence-corrected chi connectivity index (χ1v) is 4.82. The summed E-state index contributed by atoms with van der Waals surface area (Å²) in [5, 5.41) is 0. The Hall–Kier alpha value is -0.0800. The average molecular weight is 171 g/mol. The van der Waals surface area contributed by atoms with Crippen LogP contribution in [0.2, 0.25) is 0 Å². The van der Waals surface area contributed by atoms with E-state index in [1.54, 1.807) is 7.11 Å². The van der Waals surface area contributed by atoms with Crippen molar-refractivity contribution in [2.75, 3.05) is 7.11 Å². The molecule has 0 amide bonds. The lowest BCUT2D eigenvalue weighted by atomic mass is 9.86. The molecule has 1 saturated carbocycles. The van der Waals surface area contributed by atoms with Gasteiger partial charge >= 0.3 is 0 Å². The first-order valence-electron chi connectivity index (χ1n) is 4.82. The van der Waals surface area contributed by atoms with Crippen LogP contribution in [0.25, 0.3) is 0 Å². The average Bonchev–Trinajstić information content (AvgIpc) is 2.35. The fourth-order valence-electron chi connectivity index (χ4n) is 2.18. The van der Waals surface area contributed by atoms with Crippen LogP contribution in [0.5, 0.6) is 0 Å². The van der Waals surface area contributed by atoms with Gasteiger partial charge in [0.25, 0.3) is 0 Å². The molecule has 1 aliphatic rings. The Bertz CT molecular complexity index is 148. The van der Waals surface area contributed by atoms with Gasteiger partial charge in [-0.2, -0.15) is 0 Å². The summed E-state index contributed by atoms with van der Waals surface area (Å²) in [6, 6.07) is 0. The van der Waals surface area contributed by atoms with Gasteiger partial charge in [-0.05, 0) is 33.1 Å². The standard InChI is InChI=1S/C10H21NO/c1-9(2,12-3)8-10(11)6-4-5-7-10/h4-8,11H2,1-3H3. The summed E-state index contributed by atoms with van der Waals surface area (Å²) in [7, 11) is 1.76. The quantitative estimate of drug-likeness (QED) is 0.705. The third kappa shape index (κ3) is 2.46. The van der Waals surface area contributed by atoms with E-state index < -0.39 is 0 Å². The third-order valence-electron chi connectivity index (χ3n) is 2.93. The molecular formula is C10H21NO. The largest absolute Gasteiger partial charge is 0.379 e. The first-order chi connectivity index (χ1) is 5.47. The van der Waals surface area contributed by atoms with Crippen LogP contribution >= 0.6 is 0 Å². The zero-order valence-electron chi connectivity index (χ0n) is 8.52. The van der Waals surface area contributed by atoms with Crippen LogP contribution in [-0.4, -0.2) is 18.2 Å². The van der Waals surface area contributed by atoms with Gasteiger partial charge in [-0.25, -0.2) is 0 Å². The Morgan fingerprint density at radius 3 is 2.25 bits per heavy atom. The van der Waals surface area contributed by atoms with Crippen molar-refractivity contribution in [3.05, 3.63) is 0 Å². The minimum absolute atomic E-state index is 0.0551. The molecule has 12 heavy (non-hydrogen) atoms. The molecule has 0 radical (unpaired) electrons. The summed E-state index contributed by atoms with van der Waals surface area (Å²) in [5.41, 5.74) is 6.24. The molecule has 0 heterocycles. The normalized spacial score (nSPS) is 23.0. The number of ether oxygens (including phenoxy) is 1. The number of nitrogens with two attached hydrogens (primary N) is 1. The molecule has 0 aliphatic heterocycles. The number of methoxy groups -OCH3 is 1. The Kier molecular flexibility index (Phi) is 2.79. The summed E-state index contributed by atoms with van der Waals surface area (Å²) in [5.74, 6) is 0. The van der Waals surface area contributed by atoms with E-state index in [2.05, 4.69) is 13.8 Å². The van der Waals surface area contributed by atoms with E-state index in [4.69, 9.17) is 10.5 Å². The van der Waals surface area contributed by atoms with Crippen molar-refractivity contribution in [2.45, 2.75) is 57.1 Å². The SMILES string of the molecule is COC(C)(C)CC1(N)CCCC1. The highest BCUT2D eigenvalue weighted by Gasteiger charge is 2.35. The van der Waals surface area contributed by atoms with Gasteiger partial charge in [-0.15, -0.1) is 0 Å². The van der Waals surface area contributed by atoms with Crippen molar-refractivity contribution >= 4 is 0 Å². The highest BCUT2D eigenvalue weighted by molar-refractivity contribution is 4.94. The predicted molar refractivity (Wildman–Crippen MR) is 51.1 cm³/mol. The zero-order valence-corrected chi connectivity index (χ0v) is 8.52. The number of hydrogen-bond donors (Lipinski definition) is 1. The van der Waals surface area contributed by atoms with Gasteiger partial charge in [0.15, 0.2) is 0 Å². The smallest absolute Gasteiger partial charge is 0.0640 e. The van der Waals surface area contributed by atoms with E-state index in [9.17, 15) is 0 Å². The van der Waals surface area contributed by atoms with Crippen molar-refractivity contribution < 1.29 is 4.74 Å². The lowest BCUT2D eigenvalue weighted by Gasteiger charge is -2.33. The number of rotatable bonds is 3. The molecule has 2 heteroatoms. The Morgan fingerprint density at radius 1 is 1.33 bits per heavy atom. The molecule has 72 valence electrons. The fourth-order valence-corrected chi connectivity index (χ4v) is 2.18. The summed E-state index contributed by atoms with van der Waals surface area (Å²) in [6.07, 6.45) is 5.89. The number of hydrogen-bond acceptors (Lipinski definition) is 2. The van der Waals surface area contributed by atoms with Crippen LogP contribution in [-0.2, 0) is 4.74 Å². The molecule has 0 unspecified atom stereocenters. The highest BCUT2D eigenvalue weighted by atomic mass is 16.5. The van der Waals surface area contributed by atoms with Gasteiger partial charge in [0.05, 0.1) is 5.60 Å². The molecular weight excluding hydrogens is 150 g/mol. The van der Waals surface area contributed by atoms with Crippen molar-refractivity contribution in [2.24, 2.45) is 5.73 Å². The molecule has 0 spiro atoms. The molecule has 0 aromatic carbocycles. The molecule has 1 aliphatic carbocycles. The minimum atomic E-state index is -0.0565. The van der Waals surface area contributed by atoms with Gasteiger partial charge in [-0.1, -0.05) is 12.8 Å². The van der Waals surface area contributed by atoms with Gasteiger partial charge in [0, 0.05) is 12.6 Å². The molecule has 1 fully saturated rings. The summed E-state index contributed by atoms with van der Waals surface area (Å²) < 4.78 is 5.38. The topological polar surface area (TPSA) is 35.2 Å². The van der Waals surface area contributed by atoms with Crippen LogP contribution in [0.1, 0.15) is 46.0 Å². The molecule has 1 rings (SSSR count). The van der Waals surface area contributed by atoms with Gasteiger partial charge in [-0.3, -0.25) is 0 Å². The van der Waals surface area contributed by atoms with Gasteiger partial charge in [0.1, 0.15) is 0 Å². The summed E-state index contributed by atoms with van der Waals surface area (Å²) in [6.45, 7) is 4.22. The van der Waals surface area contributed by atoms with Crippen LogP contribution in [0, 0.1) is 0 Å². The first kappa shape index (κ1) is 10.0. The maximum absolute atomic E-state index is 6.24. The lowest BCUT2D eigenvalue weighted by Crippen LogP contribution is -2.44. The van der Waals surface area contributed by atoms with E-state index in [1.165, 1.54) is 25.7 Å². The van der Waals surface area contributed by atoms with E-state index in [0.717, 1.165) is 6.42 Å².